The molecule has 0 bridgehead atoms. The van der Waals surface area contributed by atoms with Gasteiger partial charge in [0, 0.05) is 25.1 Å². The van der Waals surface area contributed by atoms with Crippen molar-refractivity contribution < 1.29 is 14.6 Å². The Balaban J connectivity index is 2.36. The summed E-state index contributed by atoms with van der Waals surface area (Å²) in [5.74, 6) is -0.601. The van der Waals surface area contributed by atoms with Crippen LogP contribution in [0.5, 0.6) is 0 Å². The Morgan fingerprint density at radius 3 is 2.81 bits per heavy atom. The van der Waals surface area contributed by atoms with Gasteiger partial charge >= 0.3 is 5.97 Å². The largest absolute Gasteiger partial charge is 0.478 e. The fraction of sp³-hybridized carbons (Fsp3) is 0.500. The second-order valence-electron chi connectivity index (χ2n) is 4.10. The monoisotopic (exact) mass is 221 g/mol. The molecule has 1 aromatic heterocycles. The summed E-state index contributed by atoms with van der Waals surface area (Å²) in [5, 5.41) is 9.12. The number of aryl methyl sites for hydroxylation is 1. The minimum absolute atomic E-state index is 0.293. The molecule has 0 atom stereocenters. The van der Waals surface area contributed by atoms with Crippen molar-refractivity contribution >= 4 is 5.97 Å². The lowest BCUT2D eigenvalue weighted by molar-refractivity contribution is 0.0684. The number of nitrogens with zero attached hydrogens (tertiary/aromatic N) is 1. The molecule has 1 aliphatic rings. The van der Waals surface area contributed by atoms with Gasteiger partial charge in [-0.2, -0.15) is 0 Å². The standard InChI is InChI=1S/C12H15NO3/c1-8-6-10(9-2-4-16-5-3-9)11(7-13-8)12(14)15/h6-7,9H,2-5H2,1H3,(H,14,15). The van der Waals surface area contributed by atoms with Crippen LogP contribution in [0, 0.1) is 6.92 Å². The number of aromatic nitrogens is 1. The van der Waals surface area contributed by atoms with E-state index in [0.29, 0.717) is 24.7 Å². The van der Waals surface area contributed by atoms with Crippen LogP contribution in [-0.2, 0) is 4.74 Å². The summed E-state index contributed by atoms with van der Waals surface area (Å²) in [6.07, 6.45) is 3.25. The predicted molar refractivity (Wildman–Crippen MR) is 58.7 cm³/mol. The minimum atomic E-state index is -0.894. The summed E-state index contributed by atoms with van der Waals surface area (Å²) in [4.78, 5) is 15.1. The van der Waals surface area contributed by atoms with Gasteiger partial charge in [0.1, 0.15) is 0 Å². The number of rotatable bonds is 2. The molecule has 0 amide bonds. The van der Waals surface area contributed by atoms with Crippen LogP contribution in [0.3, 0.4) is 0 Å². The second kappa shape index (κ2) is 4.61. The van der Waals surface area contributed by atoms with Crippen LogP contribution in [0.4, 0.5) is 0 Å². The van der Waals surface area contributed by atoms with Crippen molar-refractivity contribution in [2.75, 3.05) is 13.2 Å². The number of carbonyl (C=O) groups is 1. The minimum Gasteiger partial charge on any atom is -0.478 e. The Kier molecular flexibility index (Phi) is 3.19. The van der Waals surface area contributed by atoms with E-state index in [9.17, 15) is 4.79 Å². The zero-order valence-electron chi connectivity index (χ0n) is 9.27. The van der Waals surface area contributed by atoms with E-state index >= 15 is 0 Å². The van der Waals surface area contributed by atoms with Crippen LogP contribution >= 0.6 is 0 Å². The molecule has 1 saturated heterocycles. The molecule has 1 aromatic rings. The molecule has 0 aliphatic carbocycles. The Morgan fingerprint density at radius 1 is 1.50 bits per heavy atom. The highest BCUT2D eigenvalue weighted by molar-refractivity contribution is 5.89. The van der Waals surface area contributed by atoms with Crippen molar-refractivity contribution in [3.8, 4) is 0 Å². The third-order valence-electron chi connectivity index (χ3n) is 2.96. The molecule has 1 aliphatic heterocycles. The average molecular weight is 221 g/mol. The van der Waals surface area contributed by atoms with E-state index in [1.165, 1.54) is 6.20 Å². The normalized spacial score (nSPS) is 17.3. The van der Waals surface area contributed by atoms with Crippen molar-refractivity contribution in [2.45, 2.75) is 25.7 Å². The molecule has 0 unspecified atom stereocenters. The number of carboxylic acids is 1. The number of carboxylic acid groups (broad SMARTS) is 1. The van der Waals surface area contributed by atoms with Gasteiger partial charge in [-0.25, -0.2) is 4.79 Å². The zero-order chi connectivity index (χ0) is 11.5. The van der Waals surface area contributed by atoms with Gasteiger partial charge in [-0.1, -0.05) is 0 Å². The second-order valence-corrected chi connectivity index (χ2v) is 4.10. The van der Waals surface area contributed by atoms with Gasteiger partial charge in [0.05, 0.1) is 5.56 Å². The van der Waals surface area contributed by atoms with E-state index in [-0.39, 0.29) is 0 Å². The molecule has 16 heavy (non-hydrogen) atoms. The first kappa shape index (κ1) is 11.1. The maximum Gasteiger partial charge on any atom is 0.337 e. The van der Waals surface area contributed by atoms with Crippen molar-refractivity contribution in [2.24, 2.45) is 0 Å². The van der Waals surface area contributed by atoms with Gasteiger partial charge in [0.15, 0.2) is 0 Å². The van der Waals surface area contributed by atoms with Gasteiger partial charge in [0.2, 0.25) is 0 Å². The molecule has 86 valence electrons. The van der Waals surface area contributed by atoms with Crippen molar-refractivity contribution in [1.29, 1.82) is 0 Å². The molecule has 2 rings (SSSR count). The summed E-state index contributed by atoms with van der Waals surface area (Å²) in [6.45, 7) is 3.31. The fourth-order valence-corrected chi connectivity index (χ4v) is 2.11. The lowest BCUT2D eigenvalue weighted by Crippen LogP contribution is -2.17. The lowest BCUT2D eigenvalue weighted by atomic mass is 9.89. The summed E-state index contributed by atoms with van der Waals surface area (Å²) >= 11 is 0. The molecular formula is C12H15NO3. The molecule has 1 N–H and O–H groups in total. The van der Waals surface area contributed by atoms with Gasteiger partial charge in [-0.3, -0.25) is 4.98 Å². The van der Waals surface area contributed by atoms with E-state index in [1.54, 1.807) is 0 Å². The number of hydrogen-bond acceptors (Lipinski definition) is 3. The molecule has 0 radical (unpaired) electrons. The first-order valence-corrected chi connectivity index (χ1v) is 5.46. The van der Waals surface area contributed by atoms with Gasteiger partial charge < -0.3 is 9.84 Å². The van der Waals surface area contributed by atoms with Crippen molar-refractivity contribution in [3.63, 3.8) is 0 Å². The average Bonchev–Trinajstić information content (AvgIpc) is 2.29. The topological polar surface area (TPSA) is 59.4 Å². The molecule has 1 fully saturated rings. The quantitative estimate of drug-likeness (QED) is 0.829. The highest BCUT2D eigenvalue weighted by atomic mass is 16.5. The lowest BCUT2D eigenvalue weighted by Gasteiger charge is -2.23. The Bertz CT molecular complexity index is 397. The highest BCUT2D eigenvalue weighted by Gasteiger charge is 2.21. The third kappa shape index (κ3) is 2.22. The summed E-state index contributed by atoms with van der Waals surface area (Å²) in [5.41, 5.74) is 2.10. The Labute approximate surface area is 94.3 Å². The summed E-state index contributed by atoms with van der Waals surface area (Å²) < 4.78 is 5.29. The van der Waals surface area contributed by atoms with Crippen LogP contribution in [0.25, 0.3) is 0 Å². The Morgan fingerprint density at radius 2 is 2.19 bits per heavy atom. The Hall–Kier alpha value is -1.42. The number of hydrogen-bond donors (Lipinski definition) is 1. The molecule has 4 nitrogen and oxygen atoms in total. The molecular weight excluding hydrogens is 206 g/mol. The van der Waals surface area contributed by atoms with Crippen molar-refractivity contribution in [1.82, 2.24) is 4.98 Å². The molecule has 0 aromatic carbocycles. The first-order valence-electron chi connectivity index (χ1n) is 5.46. The highest BCUT2D eigenvalue weighted by Crippen LogP contribution is 2.29. The predicted octanol–water partition coefficient (Wildman–Crippen LogP) is 1.98. The molecule has 0 spiro atoms. The van der Waals surface area contributed by atoms with Gasteiger partial charge in [0.25, 0.3) is 0 Å². The summed E-state index contributed by atoms with van der Waals surface area (Å²) in [7, 11) is 0. The van der Waals surface area contributed by atoms with Gasteiger partial charge in [-0.05, 0) is 37.3 Å². The third-order valence-corrected chi connectivity index (χ3v) is 2.96. The van der Waals surface area contributed by atoms with Crippen molar-refractivity contribution in [3.05, 3.63) is 29.1 Å². The molecule has 4 heteroatoms. The van der Waals surface area contributed by atoms with E-state index in [4.69, 9.17) is 9.84 Å². The fourth-order valence-electron chi connectivity index (χ4n) is 2.11. The van der Waals surface area contributed by atoms with E-state index < -0.39 is 5.97 Å². The number of pyridine rings is 1. The van der Waals surface area contributed by atoms with Crippen LogP contribution in [0.2, 0.25) is 0 Å². The number of ether oxygens (including phenoxy) is 1. The maximum absolute atomic E-state index is 11.1. The smallest absolute Gasteiger partial charge is 0.337 e. The maximum atomic E-state index is 11.1. The van der Waals surface area contributed by atoms with E-state index in [0.717, 1.165) is 24.1 Å². The SMILES string of the molecule is Cc1cc(C2CCOCC2)c(C(=O)O)cn1. The van der Waals surface area contributed by atoms with Crippen LogP contribution in [0.15, 0.2) is 12.3 Å². The number of aromatic carboxylic acids is 1. The summed E-state index contributed by atoms with van der Waals surface area (Å²) in [6, 6.07) is 1.89. The van der Waals surface area contributed by atoms with Crippen LogP contribution < -0.4 is 0 Å². The molecule has 0 saturated carbocycles. The zero-order valence-corrected chi connectivity index (χ0v) is 9.27. The van der Waals surface area contributed by atoms with E-state index in [2.05, 4.69) is 4.98 Å². The van der Waals surface area contributed by atoms with E-state index in [1.807, 2.05) is 13.0 Å². The van der Waals surface area contributed by atoms with Crippen LogP contribution in [-0.4, -0.2) is 29.3 Å². The molecule has 2 heterocycles. The van der Waals surface area contributed by atoms with Crippen LogP contribution in [0.1, 0.15) is 40.4 Å². The first-order chi connectivity index (χ1) is 7.68. The van der Waals surface area contributed by atoms with Gasteiger partial charge in [-0.15, -0.1) is 0 Å².